The monoisotopic (exact) mass is 313 g/mol. The van der Waals surface area contributed by atoms with Gasteiger partial charge in [-0.05, 0) is 43.2 Å². The van der Waals surface area contributed by atoms with Gasteiger partial charge in [0.1, 0.15) is 5.75 Å². The molecule has 1 amide bonds. The largest absolute Gasteiger partial charge is 0.497 e. The van der Waals surface area contributed by atoms with Crippen molar-refractivity contribution in [1.82, 2.24) is 5.32 Å². The SMILES string of the molecule is COc1ccc(CC(C)(O)CNC(=O)c2ccccc2C)cc1. The molecule has 0 fully saturated rings. The molecule has 0 aliphatic heterocycles. The van der Waals surface area contributed by atoms with Crippen LogP contribution in [0.1, 0.15) is 28.4 Å². The summed E-state index contributed by atoms with van der Waals surface area (Å²) in [6.07, 6.45) is 0.449. The number of hydrogen-bond acceptors (Lipinski definition) is 3. The molecule has 0 saturated carbocycles. The topological polar surface area (TPSA) is 58.6 Å². The summed E-state index contributed by atoms with van der Waals surface area (Å²) in [5, 5.41) is 13.3. The molecule has 0 heterocycles. The van der Waals surface area contributed by atoms with E-state index in [1.165, 1.54) is 0 Å². The van der Waals surface area contributed by atoms with Crippen LogP contribution in [-0.2, 0) is 6.42 Å². The normalized spacial score (nSPS) is 13.2. The van der Waals surface area contributed by atoms with E-state index in [1.807, 2.05) is 49.4 Å². The maximum Gasteiger partial charge on any atom is 0.251 e. The highest BCUT2D eigenvalue weighted by Gasteiger charge is 2.22. The van der Waals surface area contributed by atoms with Gasteiger partial charge in [-0.15, -0.1) is 0 Å². The first-order chi connectivity index (χ1) is 10.9. The van der Waals surface area contributed by atoms with Gasteiger partial charge in [-0.25, -0.2) is 0 Å². The number of hydrogen-bond donors (Lipinski definition) is 2. The Balaban J connectivity index is 1.95. The number of carbonyl (C=O) groups is 1. The molecule has 2 rings (SSSR count). The number of aryl methyl sites for hydroxylation is 1. The minimum atomic E-state index is -1.02. The van der Waals surface area contributed by atoms with E-state index < -0.39 is 5.60 Å². The smallest absolute Gasteiger partial charge is 0.251 e. The molecule has 23 heavy (non-hydrogen) atoms. The van der Waals surface area contributed by atoms with E-state index in [0.29, 0.717) is 12.0 Å². The third kappa shape index (κ3) is 4.83. The molecule has 0 saturated heterocycles. The lowest BCUT2D eigenvalue weighted by atomic mass is 9.96. The highest BCUT2D eigenvalue weighted by atomic mass is 16.5. The lowest BCUT2D eigenvalue weighted by Gasteiger charge is -2.24. The predicted octanol–water partition coefficient (Wildman–Crippen LogP) is 2.73. The molecule has 4 heteroatoms. The standard InChI is InChI=1S/C19H23NO3/c1-14-6-4-5-7-17(14)18(21)20-13-19(2,22)12-15-8-10-16(23-3)11-9-15/h4-11,22H,12-13H2,1-3H3,(H,20,21). The average molecular weight is 313 g/mol. The summed E-state index contributed by atoms with van der Waals surface area (Å²) >= 11 is 0. The van der Waals surface area contributed by atoms with Crippen molar-refractivity contribution in [3.8, 4) is 5.75 Å². The fourth-order valence-electron chi connectivity index (χ4n) is 2.44. The molecular weight excluding hydrogens is 290 g/mol. The molecule has 4 nitrogen and oxygen atoms in total. The first-order valence-corrected chi connectivity index (χ1v) is 7.60. The lowest BCUT2D eigenvalue weighted by Crippen LogP contribution is -2.42. The summed E-state index contributed by atoms with van der Waals surface area (Å²) in [6, 6.07) is 14.9. The third-order valence-electron chi connectivity index (χ3n) is 3.76. The number of amides is 1. The molecule has 2 aromatic rings. The molecule has 2 aromatic carbocycles. The van der Waals surface area contributed by atoms with Crippen molar-refractivity contribution in [1.29, 1.82) is 0 Å². The molecule has 1 atom stereocenters. The Morgan fingerprint density at radius 2 is 1.83 bits per heavy atom. The molecule has 0 spiro atoms. The molecular formula is C19H23NO3. The minimum absolute atomic E-state index is 0.168. The van der Waals surface area contributed by atoms with Gasteiger partial charge in [0.25, 0.3) is 5.91 Å². The Morgan fingerprint density at radius 3 is 2.43 bits per heavy atom. The Labute approximate surface area is 137 Å². The van der Waals surface area contributed by atoms with Crippen LogP contribution < -0.4 is 10.1 Å². The Kier molecular flexibility index (Phi) is 5.40. The highest BCUT2D eigenvalue weighted by Crippen LogP contribution is 2.17. The van der Waals surface area contributed by atoms with Crippen molar-refractivity contribution in [2.24, 2.45) is 0 Å². The van der Waals surface area contributed by atoms with Gasteiger partial charge in [0.15, 0.2) is 0 Å². The molecule has 1 unspecified atom stereocenters. The van der Waals surface area contributed by atoms with E-state index in [2.05, 4.69) is 5.32 Å². The maximum atomic E-state index is 12.2. The van der Waals surface area contributed by atoms with E-state index in [1.54, 1.807) is 20.1 Å². The minimum Gasteiger partial charge on any atom is -0.497 e. The number of aliphatic hydroxyl groups is 1. The number of ether oxygens (including phenoxy) is 1. The summed E-state index contributed by atoms with van der Waals surface area (Å²) in [6.45, 7) is 3.80. The van der Waals surface area contributed by atoms with Crippen LogP contribution in [0, 0.1) is 6.92 Å². The summed E-state index contributed by atoms with van der Waals surface area (Å²) in [7, 11) is 1.62. The Hall–Kier alpha value is -2.33. The number of carbonyl (C=O) groups excluding carboxylic acids is 1. The number of nitrogens with one attached hydrogen (secondary N) is 1. The quantitative estimate of drug-likeness (QED) is 0.862. The average Bonchev–Trinajstić information content (AvgIpc) is 2.53. The number of methoxy groups -OCH3 is 1. The molecule has 0 radical (unpaired) electrons. The number of rotatable bonds is 6. The van der Waals surface area contributed by atoms with Crippen LogP contribution in [0.2, 0.25) is 0 Å². The first kappa shape index (κ1) is 17.0. The van der Waals surface area contributed by atoms with Crippen molar-refractivity contribution < 1.29 is 14.6 Å². The summed E-state index contributed by atoms with van der Waals surface area (Å²) < 4.78 is 5.12. The zero-order valence-corrected chi connectivity index (χ0v) is 13.8. The van der Waals surface area contributed by atoms with Crippen LogP contribution in [0.3, 0.4) is 0 Å². The van der Waals surface area contributed by atoms with Crippen molar-refractivity contribution in [3.05, 3.63) is 65.2 Å². The van der Waals surface area contributed by atoms with Crippen LogP contribution in [0.25, 0.3) is 0 Å². The van der Waals surface area contributed by atoms with Gasteiger partial charge in [0.2, 0.25) is 0 Å². The fraction of sp³-hybridized carbons (Fsp3) is 0.316. The van der Waals surface area contributed by atoms with Crippen LogP contribution in [0.15, 0.2) is 48.5 Å². The lowest BCUT2D eigenvalue weighted by molar-refractivity contribution is 0.0552. The van der Waals surface area contributed by atoms with E-state index >= 15 is 0 Å². The first-order valence-electron chi connectivity index (χ1n) is 7.60. The summed E-state index contributed by atoms with van der Waals surface area (Å²) in [4.78, 5) is 12.2. The van der Waals surface area contributed by atoms with Crippen molar-refractivity contribution in [3.63, 3.8) is 0 Å². The molecule has 0 bridgehead atoms. The second-order valence-corrected chi connectivity index (χ2v) is 6.02. The van der Waals surface area contributed by atoms with Crippen LogP contribution in [0.5, 0.6) is 5.75 Å². The zero-order chi connectivity index (χ0) is 16.9. The second kappa shape index (κ2) is 7.29. The Morgan fingerprint density at radius 1 is 1.17 bits per heavy atom. The van der Waals surface area contributed by atoms with Crippen molar-refractivity contribution in [2.75, 3.05) is 13.7 Å². The van der Waals surface area contributed by atoms with Gasteiger partial charge in [-0.1, -0.05) is 30.3 Å². The van der Waals surface area contributed by atoms with Gasteiger partial charge in [-0.2, -0.15) is 0 Å². The van der Waals surface area contributed by atoms with Gasteiger partial charge in [-0.3, -0.25) is 4.79 Å². The van der Waals surface area contributed by atoms with E-state index in [4.69, 9.17) is 4.74 Å². The molecule has 2 N–H and O–H groups in total. The van der Waals surface area contributed by atoms with Gasteiger partial charge < -0.3 is 15.2 Å². The maximum absolute atomic E-state index is 12.2. The van der Waals surface area contributed by atoms with Crippen LogP contribution >= 0.6 is 0 Å². The number of benzene rings is 2. The second-order valence-electron chi connectivity index (χ2n) is 6.02. The van der Waals surface area contributed by atoms with E-state index in [-0.39, 0.29) is 12.5 Å². The van der Waals surface area contributed by atoms with Gasteiger partial charge in [0.05, 0.1) is 12.7 Å². The molecule has 0 aliphatic rings. The van der Waals surface area contributed by atoms with Crippen LogP contribution in [-0.4, -0.2) is 30.3 Å². The highest BCUT2D eigenvalue weighted by molar-refractivity contribution is 5.95. The van der Waals surface area contributed by atoms with Gasteiger partial charge >= 0.3 is 0 Å². The summed E-state index contributed by atoms with van der Waals surface area (Å²) in [5.41, 5.74) is 1.51. The Bertz CT molecular complexity index is 663. The fourth-order valence-corrected chi connectivity index (χ4v) is 2.44. The molecule has 0 aromatic heterocycles. The third-order valence-corrected chi connectivity index (χ3v) is 3.76. The van der Waals surface area contributed by atoms with E-state index in [9.17, 15) is 9.90 Å². The summed E-state index contributed by atoms with van der Waals surface area (Å²) in [5.74, 6) is 0.611. The zero-order valence-electron chi connectivity index (χ0n) is 13.8. The van der Waals surface area contributed by atoms with Gasteiger partial charge in [0, 0.05) is 18.5 Å². The van der Waals surface area contributed by atoms with E-state index in [0.717, 1.165) is 16.9 Å². The van der Waals surface area contributed by atoms with Crippen LogP contribution in [0.4, 0.5) is 0 Å². The van der Waals surface area contributed by atoms with Crippen molar-refractivity contribution >= 4 is 5.91 Å². The molecule has 0 aliphatic carbocycles. The molecule has 122 valence electrons. The predicted molar refractivity (Wildman–Crippen MR) is 90.8 cm³/mol. The van der Waals surface area contributed by atoms with Crippen molar-refractivity contribution in [2.45, 2.75) is 25.9 Å².